The van der Waals surface area contributed by atoms with Gasteiger partial charge in [-0.05, 0) is 44.2 Å². The molecule has 1 heterocycles. The van der Waals surface area contributed by atoms with Gasteiger partial charge in [0.05, 0.1) is 0 Å². The van der Waals surface area contributed by atoms with Crippen molar-refractivity contribution in [2.75, 3.05) is 16.8 Å². The van der Waals surface area contributed by atoms with Crippen molar-refractivity contribution in [3.63, 3.8) is 0 Å². The van der Waals surface area contributed by atoms with E-state index in [2.05, 4.69) is 15.3 Å². The van der Waals surface area contributed by atoms with Gasteiger partial charge in [0.25, 0.3) is 5.91 Å². The standard InChI is InChI=1S/C20H19FN4O/c1-3-25(17-10-5-4-6-11-17)19-13-18(22-14(2)23-19)20(26)24-16-9-7-8-15(21)12-16/h4-13H,3H2,1-2H3,(H,24,26). The van der Waals surface area contributed by atoms with Gasteiger partial charge in [0.1, 0.15) is 23.2 Å². The molecule has 0 saturated carbocycles. The summed E-state index contributed by atoms with van der Waals surface area (Å²) in [5, 5.41) is 2.66. The maximum absolute atomic E-state index is 13.3. The van der Waals surface area contributed by atoms with E-state index in [1.807, 2.05) is 42.2 Å². The molecule has 26 heavy (non-hydrogen) atoms. The second-order valence-corrected chi connectivity index (χ2v) is 5.70. The lowest BCUT2D eigenvalue weighted by atomic mass is 10.2. The van der Waals surface area contributed by atoms with Crippen LogP contribution in [-0.4, -0.2) is 22.4 Å². The Hall–Kier alpha value is -3.28. The second kappa shape index (κ2) is 7.74. The first-order chi connectivity index (χ1) is 12.6. The minimum atomic E-state index is -0.413. The quantitative estimate of drug-likeness (QED) is 0.744. The van der Waals surface area contributed by atoms with Gasteiger partial charge in [0, 0.05) is 24.0 Å². The van der Waals surface area contributed by atoms with E-state index in [0.717, 1.165) is 5.69 Å². The summed E-state index contributed by atoms with van der Waals surface area (Å²) in [4.78, 5) is 23.2. The summed E-state index contributed by atoms with van der Waals surface area (Å²) < 4.78 is 13.3. The summed E-state index contributed by atoms with van der Waals surface area (Å²) in [5.41, 5.74) is 1.58. The molecule has 132 valence electrons. The molecule has 3 rings (SSSR count). The van der Waals surface area contributed by atoms with Crippen molar-refractivity contribution >= 4 is 23.1 Å². The van der Waals surface area contributed by atoms with Crippen LogP contribution in [0.15, 0.2) is 60.7 Å². The van der Waals surface area contributed by atoms with E-state index < -0.39 is 11.7 Å². The minimum Gasteiger partial charge on any atom is -0.327 e. The predicted octanol–water partition coefficient (Wildman–Crippen LogP) is 4.33. The number of hydrogen-bond donors (Lipinski definition) is 1. The molecule has 0 aliphatic rings. The summed E-state index contributed by atoms with van der Waals surface area (Å²) in [5.74, 6) is 0.298. The normalized spacial score (nSPS) is 10.4. The molecule has 0 saturated heterocycles. The molecule has 3 aromatic rings. The molecule has 5 nitrogen and oxygen atoms in total. The maximum atomic E-state index is 13.3. The third-order valence-electron chi connectivity index (χ3n) is 3.80. The molecule has 0 unspecified atom stereocenters. The molecule has 6 heteroatoms. The lowest BCUT2D eigenvalue weighted by molar-refractivity contribution is 0.102. The zero-order chi connectivity index (χ0) is 18.5. The van der Waals surface area contributed by atoms with Crippen molar-refractivity contribution in [1.82, 2.24) is 9.97 Å². The number of rotatable bonds is 5. The number of hydrogen-bond acceptors (Lipinski definition) is 4. The topological polar surface area (TPSA) is 58.1 Å². The number of anilines is 3. The van der Waals surface area contributed by atoms with Crippen molar-refractivity contribution < 1.29 is 9.18 Å². The van der Waals surface area contributed by atoms with E-state index in [-0.39, 0.29) is 5.69 Å². The van der Waals surface area contributed by atoms with E-state index >= 15 is 0 Å². The van der Waals surface area contributed by atoms with Crippen LogP contribution in [0.1, 0.15) is 23.2 Å². The largest absolute Gasteiger partial charge is 0.327 e. The van der Waals surface area contributed by atoms with E-state index in [4.69, 9.17) is 0 Å². The fraction of sp³-hybridized carbons (Fsp3) is 0.150. The van der Waals surface area contributed by atoms with Crippen molar-refractivity contribution in [3.8, 4) is 0 Å². The fourth-order valence-corrected chi connectivity index (χ4v) is 2.65. The Balaban J connectivity index is 1.90. The van der Waals surface area contributed by atoms with Crippen molar-refractivity contribution in [2.24, 2.45) is 0 Å². The van der Waals surface area contributed by atoms with E-state index in [1.54, 1.807) is 19.1 Å². The number of halogens is 1. The van der Waals surface area contributed by atoms with Crippen molar-refractivity contribution in [2.45, 2.75) is 13.8 Å². The molecule has 0 aliphatic carbocycles. The number of para-hydroxylation sites is 1. The van der Waals surface area contributed by atoms with E-state index in [0.29, 0.717) is 23.9 Å². The van der Waals surface area contributed by atoms with E-state index in [1.165, 1.54) is 18.2 Å². The number of benzene rings is 2. The number of nitrogens with one attached hydrogen (secondary N) is 1. The summed E-state index contributed by atoms with van der Waals surface area (Å²) in [6.07, 6.45) is 0. The monoisotopic (exact) mass is 350 g/mol. The second-order valence-electron chi connectivity index (χ2n) is 5.70. The maximum Gasteiger partial charge on any atom is 0.274 e. The van der Waals surface area contributed by atoms with Gasteiger partial charge >= 0.3 is 0 Å². The summed E-state index contributed by atoms with van der Waals surface area (Å²) in [6.45, 7) is 4.43. The predicted molar refractivity (Wildman–Crippen MR) is 100 cm³/mol. The number of nitrogens with zero attached hydrogens (tertiary/aromatic N) is 3. The van der Waals surface area contributed by atoms with Gasteiger partial charge < -0.3 is 10.2 Å². The minimum absolute atomic E-state index is 0.228. The first-order valence-electron chi connectivity index (χ1n) is 8.32. The molecule has 0 spiro atoms. The van der Waals surface area contributed by atoms with Gasteiger partial charge in [-0.2, -0.15) is 0 Å². The van der Waals surface area contributed by atoms with Crippen LogP contribution in [0.25, 0.3) is 0 Å². The number of carbonyl (C=O) groups excluding carboxylic acids is 1. The summed E-state index contributed by atoms with van der Waals surface area (Å²) >= 11 is 0. The highest BCUT2D eigenvalue weighted by Gasteiger charge is 2.15. The molecule has 1 N–H and O–H groups in total. The van der Waals surface area contributed by atoms with Crippen LogP contribution < -0.4 is 10.2 Å². The van der Waals surface area contributed by atoms with Crippen LogP contribution in [-0.2, 0) is 0 Å². The van der Waals surface area contributed by atoms with Gasteiger partial charge in [0.2, 0.25) is 0 Å². The van der Waals surface area contributed by atoms with Crippen LogP contribution in [0.3, 0.4) is 0 Å². The van der Waals surface area contributed by atoms with Crippen LogP contribution >= 0.6 is 0 Å². The lowest BCUT2D eigenvalue weighted by Crippen LogP contribution is -2.21. The highest BCUT2D eigenvalue weighted by molar-refractivity contribution is 6.03. The fourth-order valence-electron chi connectivity index (χ4n) is 2.65. The number of amides is 1. The Labute approximate surface area is 151 Å². The molecule has 1 amide bonds. The SMILES string of the molecule is CCN(c1ccccc1)c1cc(C(=O)Nc2cccc(F)c2)nc(C)n1. The Bertz CT molecular complexity index is 915. The Morgan fingerprint density at radius 1 is 1.08 bits per heavy atom. The van der Waals surface area contributed by atoms with Crippen LogP contribution in [0.2, 0.25) is 0 Å². The Morgan fingerprint density at radius 2 is 1.85 bits per heavy atom. The molecule has 2 aromatic carbocycles. The molecule has 1 aromatic heterocycles. The van der Waals surface area contributed by atoms with Crippen LogP contribution in [0.4, 0.5) is 21.6 Å². The number of aromatic nitrogens is 2. The van der Waals surface area contributed by atoms with Crippen molar-refractivity contribution in [3.05, 3.63) is 78.0 Å². The van der Waals surface area contributed by atoms with Gasteiger partial charge in [-0.1, -0.05) is 24.3 Å². The Morgan fingerprint density at radius 3 is 2.54 bits per heavy atom. The van der Waals surface area contributed by atoms with Crippen LogP contribution in [0.5, 0.6) is 0 Å². The first-order valence-corrected chi connectivity index (χ1v) is 8.32. The first kappa shape index (κ1) is 17.5. The molecule has 0 aliphatic heterocycles. The van der Waals surface area contributed by atoms with Gasteiger partial charge in [-0.25, -0.2) is 14.4 Å². The van der Waals surface area contributed by atoms with Gasteiger partial charge in [-0.3, -0.25) is 4.79 Å². The molecule has 0 atom stereocenters. The number of carbonyl (C=O) groups is 1. The van der Waals surface area contributed by atoms with Crippen molar-refractivity contribution in [1.29, 1.82) is 0 Å². The highest BCUT2D eigenvalue weighted by Crippen LogP contribution is 2.24. The number of aryl methyl sites for hydroxylation is 1. The van der Waals surface area contributed by atoms with Crippen LogP contribution in [0, 0.1) is 12.7 Å². The third kappa shape index (κ3) is 4.03. The third-order valence-corrected chi connectivity index (χ3v) is 3.80. The molecule has 0 radical (unpaired) electrons. The lowest BCUT2D eigenvalue weighted by Gasteiger charge is -2.22. The van der Waals surface area contributed by atoms with Gasteiger partial charge in [-0.15, -0.1) is 0 Å². The molecular weight excluding hydrogens is 331 g/mol. The molecular formula is C20H19FN4O. The highest BCUT2D eigenvalue weighted by atomic mass is 19.1. The summed E-state index contributed by atoms with van der Waals surface area (Å²) in [7, 11) is 0. The average Bonchev–Trinajstić information content (AvgIpc) is 2.63. The average molecular weight is 350 g/mol. The van der Waals surface area contributed by atoms with E-state index in [9.17, 15) is 9.18 Å². The molecule has 0 bridgehead atoms. The zero-order valence-electron chi connectivity index (χ0n) is 14.6. The summed E-state index contributed by atoms with van der Waals surface area (Å²) in [6, 6.07) is 17.2. The Kier molecular flexibility index (Phi) is 5.22. The zero-order valence-corrected chi connectivity index (χ0v) is 14.6. The molecule has 0 fully saturated rings. The van der Waals surface area contributed by atoms with Gasteiger partial charge in [0.15, 0.2) is 0 Å². The smallest absolute Gasteiger partial charge is 0.274 e.